The molecule has 0 spiro atoms. The first-order valence-corrected chi connectivity index (χ1v) is 9.62. The Hall–Kier alpha value is -1.95. The lowest BCUT2D eigenvalue weighted by Crippen LogP contribution is -2.29. The van der Waals surface area contributed by atoms with Crippen LogP contribution in [0.1, 0.15) is 28.2 Å². The number of rotatable bonds is 3. The average molecular weight is 386 g/mol. The fourth-order valence-corrected chi connectivity index (χ4v) is 4.71. The second-order valence-corrected chi connectivity index (χ2v) is 7.71. The SMILES string of the molecule is Cc1ccsc1[C@H]1[C@H](c2ccccn2)NC(=S)N1c1ccc(Cl)cc1. The molecule has 3 aromatic rings. The molecule has 1 saturated heterocycles. The zero-order chi connectivity index (χ0) is 17.4. The topological polar surface area (TPSA) is 28.2 Å². The van der Waals surface area contributed by atoms with Gasteiger partial charge in [-0.25, -0.2) is 0 Å². The first-order valence-electron chi connectivity index (χ1n) is 7.95. The predicted molar refractivity (Wildman–Crippen MR) is 108 cm³/mol. The molecule has 1 aliphatic heterocycles. The minimum atomic E-state index is 0.00160. The Labute approximate surface area is 161 Å². The minimum Gasteiger partial charge on any atom is -0.351 e. The maximum atomic E-state index is 6.07. The Morgan fingerprint density at radius 1 is 1.16 bits per heavy atom. The van der Waals surface area contributed by atoms with Crippen LogP contribution in [0.25, 0.3) is 0 Å². The van der Waals surface area contributed by atoms with Crippen molar-refractivity contribution in [2.24, 2.45) is 0 Å². The Balaban J connectivity index is 1.83. The van der Waals surface area contributed by atoms with E-state index in [1.165, 1.54) is 10.4 Å². The van der Waals surface area contributed by atoms with Crippen molar-refractivity contribution >= 4 is 46.0 Å². The zero-order valence-corrected chi connectivity index (χ0v) is 15.9. The van der Waals surface area contributed by atoms with Gasteiger partial charge in [0.25, 0.3) is 0 Å². The Morgan fingerprint density at radius 2 is 1.96 bits per heavy atom. The van der Waals surface area contributed by atoms with Crippen LogP contribution in [0.3, 0.4) is 0 Å². The number of thiocarbonyl (C=S) groups is 1. The lowest BCUT2D eigenvalue weighted by molar-refractivity contribution is 0.573. The van der Waals surface area contributed by atoms with E-state index >= 15 is 0 Å². The molecule has 126 valence electrons. The van der Waals surface area contributed by atoms with Crippen LogP contribution in [-0.2, 0) is 0 Å². The number of hydrogen-bond acceptors (Lipinski definition) is 3. The van der Waals surface area contributed by atoms with Gasteiger partial charge in [-0.2, -0.15) is 0 Å². The van der Waals surface area contributed by atoms with Gasteiger partial charge in [0.15, 0.2) is 5.11 Å². The normalized spacial score (nSPS) is 19.9. The molecule has 6 heteroatoms. The van der Waals surface area contributed by atoms with E-state index in [2.05, 4.69) is 33.6 Å². The molecule has 1 fully saturated rings. The molecule has 0 aliphatic carbocycles. The molecule has 3 heterocycles. The van der Waals surface area contributed by atoms with E-state index in [0.29, 0.717) is 10.1 Å². The van der Waals surface area contributed by atoms with Gasteiger partial charge in [0.1, 0.15) is 0 Å². The number of anilines is 1. The minimum absolute atomic E-state index is 0.00160. The fourth-order valence-electron chi connectivity index (χ4n) is 3.19. The molecule has 0 saturated carbocycles. The summed E-state index contributed by atoms with van der Waals surface area (Å²) in [6.45, 7) is 2.14. The Morgan fingerprint density at radius 3 is 2.60 bits per heavy atom. The van der Waals surface area contributed by atoms with Crippen molar-refractivity contribution in [1.29, 1.82) is 0 Å². The molecule has 2 aromatic heterocycles. The third kappa shape index (κ3) is 3.03. The highest BCUT2D eigenvalue weighted by Crippen LogP contribution is 2.44. The van der Waals surface area contributed by atoms with Gasteiger partial charge < -0.3 is 10.2 Å². The molecule has 3 nitrogen and oxygen atoms in total. The van der Waals surface area contributed by atoms with Gasteiger partial charge in [-0.1, -0.05) is 17.7 Å². The van der Waals surface area contributed by atoms with E-state index < -0.39 is 0 Å². The average Bonchev–Trinajstić information content (AvgIpc) is 3.19. The summed E-state index contributed by atoms with van der Waals surface area (Å²) in [5.74, 6) is 0. The summed E-state index contributed by atoms with van der Waals surface area (Å²) in [6.07, 6.45) is 1.82. The van der Waals surface area contributed by atoms with Gasteiger partial charge in [-0.3, -0.25) is 4.98 Å². The summed E-state index contributed by atoms with van der Waals surface area (Å²) in [6, 6.07) is 16.0. The lowest BCUT2D eigenvalue weighted by Gasteiger charge is -2.27. The highest BCUT2D eigenvalue weighted by molar-refractivity contribution is 7.80. The van der Waals surface area contributed by atoms with Gasteiger partial charge in [0, 0.05) is 21.8 Å². The van der Waals surface area contributed by atoms with Gasteiger partial charge in [-0.15, -0.1) is 11.3 Å². The second kappa shape index (κ2) is 6.75. The van der Waals surface area contributed by atoms with E-state index in [1.807, 2.05) is 48.7 Å². The lowest BCUT2D eigenvalue weighted by atomic mass is 10.0. The number of nitrogens with one attached hydrogen (secondary N) is 1. The van der Waals surface area contributed by atoms with E-state index in [0.717, 1.165) is 11.4 Å². The summed E-state index contributed by atoms with van der Waals surface area (Å²) in [7, 11) is 0. The number of aryl methyl sites for hydroxylation is 1. The van der Waals surface area contributed by atoms with Crippen molar-refractivity contribution in [1.82, 2.24) is 10.3 Å². The van der Waals surface area contributed by atoms with Crippen LogP contribution in [0.4, 0.5) is 5.69 Å². The predicted octanol–water partition coefficient (Wildman–Crippen LogP) is 5.28. The smallest absolute Gasteiger partial charge is 0.174 e. The summed E-state index contributed by atoms with van der Waals surface area (Å²) >= 11 is 13.5. The highest BCUT2D eigenvalue weighted by atomic mass is 35.5. The molecular formula is C19H16ClN3S2. The van der Waals surface area contributed by atoms with E-state index in [4.69, 9.17) is 23.8 Å². The van der Waals surface area contributed by atoms with Crippen LogP contribution >= 0.6 is 35.2 Å². The molecule has 1 aliphatic rings. The molecular weight excluding hydrogens is 370 g/mol. The molecule has 1 aromatic carbocycles. The number of halogens is 1. The van der Waals surface area contributed by atoms with Gasteiger partial charge in [-0.05, 0) is 72.5 Å². The maximum absolute atomic E-state index is 6.07. The standard InChI is InChI=1S/C19H16ClN3S2/c1-12-9-11-25-18(12)17-16(15-4-2-3-10-21-15)22-19(24)23(17)14-7-5-13(20)6-8-14/h2-11,16-17H,1H3,(H,22,24)/t16-,17+/m0/s1. The molecule has 2 atom stereocenters. The van der Waals surface area contributed by atoms with Crippen molar-refractivity contribution in [2.75, 3.05) is 4.90 Å². The van der Waals surface area contributed by atoms with Crippen molar-refractivity contribution in [2.45, 2.75) is 19.0 Å². The Kier molecular flexibility index (Phi) is 4.46. The molecule has 4 rings (SSSR count). The van der Waals surface area contributed by atoms with Crippen LogP contribution in [0.5, 0.6) is 0 Å². The largest absolute Gasteiger partial charge is 0.351 e. The fraction of sp³-hybridized carbons (Fsp3) is 0.158. The van der Waals surface area contributed by atoms with Crippen molar-refractivity contribution in [3.8, 4) is 0 Å². The van der Waals surface area contributed by atoms with Crippen LogP contribution in [0.15, 0.2) is 60.1 Å². The number of nitrogens with zero attached hydrogens (tertiary/aromatic N) is 2. The number of pyridine rings is 1. The Bertz CT molecular complexity index is 893. The van der Waals surface area contributed by atoms with E-state index in [9.17, 15) is 0 Å². The molecule has 25 heavy (non-hydrogen) atoms. The maximum Gasteiger partial charge on any atom is 0.174 e. The van der Waals surface area contributed by atoms with Crippen LogP contribution in [0, 0.1) is 6.92 Å². The van der Waals surface area contributed by atoms with E-state index in [-0.39, 0.29) is 12.1 Å². The summed E-state index contributed by atoms with van der Waals surface area (Å²) in [5, 5.41) is 7.01. The monoisotopic (exact) mass is 385 g/mol. The van der Waals surface area contributed by atoms with Gasteiger partial charge >= 0.3 is 0 Å². The van der Waals surface area contributed by atoms with E-state index in [1.54, 1.807) is 11.3 Å². The number of hydrogen-bond donors (Lipinski definition) is 1. The third-order valence-corrected chi connectivity index (χ3v) is 6.03. The molecule has 1 N–H and O–H groups in total. The van der Waals surface area contributed by atoms with Gasteiger partial charge in [0.05, 0.1) is 17.8 Å². The first kappa shape index (κ1) is 16.5. The molecule has 0 amide bonds. The highest BCUT2D eigenvalue weighted by Gasteiger charge is 2.41. The quantitative estimate of drug-likeness (QED) is 0.620. The van der Waals surface area contributed by atoms with Crippen molar-refractivity contribution in [3.63, 3.8) is 0 Å². The van der Waals surface area contributed by atoms with Crippen LogP contribution in [0.2, 0.25) is 5.02 Å². The van der Waals surface area contributed by atoms with Crippen LogP contribution < -0.4 is 10.2 Å². The van der Waals surface area contributed by atoms with Gasteiger partial charge in [0.2, 0.25) is 0 Å². The number of benzene rings is 1. The van der Waals surface area contributed by atoms with Crippen molar-refractivity contribution < 1.29 is 0 Å². The number of aromatic nitrogens is 1. The molecule has 0 unspecified atom stereocenters. The summed E-state index contributed by atoms with van der Waals surface area (Å²) in [4.78, 5) is 8.02. The second-order valence-electron chi connectivity index (χ2n) is 5.94. The van der Waals surface area contributed by atoms with Crippen molar-refractivity contribution in [3.05, 3.63) is 81.3 Å². The molecule has 0 radical (unpaired) electrons. The molecule has 0 bridgehead atoms. The summed E-state index contributed by atoms with van der Waals surface area (Å²) in [5.41, 5.74) is 3.28. The third-order valence-electron chi connectivity index (χ3n) is 4.37. The first-order chi connectivity index (χ1) is 12.1. The number of thiophene rings is 1. The summed E-state index contributed by atoms with van der Waals surface area (Å²) < 4.78 is 0. The zero-order valence-electron chi connectivity index (χ0n) is 13.5. The van der Waals surface area contributed by atoms with Crippen LogP contribution in [-0.4, -0.2) is 10.1 Å².